The van der Waals surface area contributed by atoms with E-state index in [0.29, 0.717) is 24.6 Å². The molecule has 2 aromatic rings. The van der Waals surface area contributed by atoms with Crippen LogP contribution in [0.4, 0.5) is 0 Å². The minimum Gasteiger partial charge on any atom is -0.461 e. The standard InChI is InChI=1S/C11H13N3O3/c12-4-2-5-13-11(15)8-7-10(17-14-8)9-3-1-6-16-9/h1,3,6-7H,2,4-5,12H2,(H,13,15). The summed E-state index contributed by atoms with van der Waals surface area (Å²) in [5.41, 5.74) is 5.55. The first-order valence-electron chi connectivity index (χ1n) is 5.30. The number of nitrogens with zero attached hydrogens (tertiary/aromatic N) is 1. The number of carbonyl (C=O) groups is 1. The number of nitrogens with two attached hydrogens (primary N) is 1. The maximum atomic E-state index is 11.6. The van der Waals surface area contributed by atoms with E-state index in [0.717, 1.165) is 6.42 Å². The van der Waals surface area contributed by atoms with Crippen molar-refractivity contribution in [1.29, 1.82) is 0 Å². The molecule has 2 heterocycles. The van der Waals surface area contributed by atoms with Gasteiger partial charge in [0.1, 0.15) is 0 Å². The summed E-state index contributed by atoms with van der Waals surface area (Å²) in [6, 6.07) is 5.01. The lowest BCUT2D eigenvalue weighted by molar-refractivity contribution is 0.0944. The van der Waals surface area contributed by atoms with Gasteiger partial charge in [0.15, 0.2) is 11.5 Å². The molecule has 0 saturated carbocycles. The van der Waals surface area contributed by atoms with Crippen molar-refractivity contribution >= 4 is 5.91 Å². The number of furan rings is 1. The van der Waals surface area contributed by atoms with E-state index >= 15 is 0 Å². The fourth-order valence-electron chi connectivity index (χ4n) is 1.31. The number of hydrogen-bond acceptors (Lipinski definition) is 5. The number of carbonyl (C=O) groups excluding carboxylic acids is 1. The number of hydrogen-bond donors (Lipinski definition) is 2. The van der Waals surface area contributed by atoms with Gasteiger partial charge in [-0.2, -0.15) is 0 Å². The lowest BCUT2D eigenvalue weighted by Crippen LogP contribution is -2.26. The zero-order chi connectivity index (χ0) is 12.1. The highest BCUT2D eigenvalue weighted by Gasteiger charge is 2.14. The third kappa shape index (κ3) is 2.73. The van der Waals surface area contributed by atoms with Gasteiger partial charge in [0.05, 0.1) is 6.26 Å². The van der Waals surface area contributed by atoms with Gasteiger partial charge in [-0.15, -0.1) is 0 Å². The van der Waals surface area contributed by atoms with Crippen LogP contribution in [0.25, 0.3) is 11.5 Å². The van der Waals surface area contributed by atoms with Gasteiger partial charge < -0.3 is 20.0 Å². The quantitative estimate of drug-likeness (QED) is 0.754. The molecule has 1 amide bonds. The molecule has 0 atom stereocenters. The predicted molar refractivity (Wildman–Crippen MR) is 60.2 cm³/mol. The summed E-state index contributed by atoms with van der Waals surface area (Å²) in [6.07, 6.45) is 2.26. The number of amides is 1. The van der Waals surface area contributed by atoms with E-state index < -0.39 is 0 Å². The average molecular weight is 235 g/mol. The second-order valence-corrected chi connectivity index (χ2v) is 3.45. The Morgan fingerprint density at radius 2 is 2.35 bits per heavy atom. The van der Waals surface area contributed by atoms with Crippen molar-refractivity contribution < 1.29 is 13.7 Å². The van der Waals surface area contributed by atoms with Crippen LogP contribution in [0.1, 0.15) is 16.9 Å². The van der Waals surface area contributed by atoms with Crippen molar-refractivity contribution in [2.75, 3.05) is 13.1 Å². The summed E-state index contributed by atoms with van der Waals surface area (Å²) in [4.78, 5) is 11.6. The normalized spacial score (nSPS) is 10.4. The molecule has 0 saturated heterocycles. The Morgan fingerprint density at radius 1 is 1.47 bits per heavy atom. The molecule has 2 rings (SSSR count). The summed E-state index contributed by atoms with van der Waals surface area (Å²) >= 11 is 0. The van der Waals surface area contributed by atoms with Crippen LogP contribution >= 0.6 is 0 Å². The molecular formula is C11H13N3O3. The van der Waals surface area contributed by atoms with Gasteiger partial charge in [-0.25, -0.2) is 0 Å². The summed E-state index contributed by atoms with van der Waals surface area (Å²) in [5, 5.41) is 6.36. The monoisotopic (exact) mass is 235 g/mol. The molecule has 0 spiro atoms. The van der Waals surface area contributed by atoms with E-state index in [1.54, 1.807) is 12.1 Å². The lowest BCUT2D eigenvalue weighted by Gasteiger charge is -1.99. The molecule has 0 fully saturated rings. The first kappa shape index (κ1) is 11.4. The van der Waals surface area contributed by atoms with E-state index in [1.165, 1.54) is 12.3 Å². The van der Waals surface area contributed by atoms with Gasteiger partial charge >= 0.3 is 0 Å². The van der Waals surface area contributed by atoms with E-state index in [9.17, 15) is 4.79 Å². The van der Waals surface area contributed by atoms with Gasteiger partial charge in [-0.3, -0.25) is 4.79 Å². The topological polar surface area (TPSA) is 94.3 Å². The molecule has 2 aromatic heterocycles. The Balaban J connectivity index is 2.01. The second kappa shape index (κ2) is 5.31. The summed E-state index contributed by atoms with van der Waals surface area (Å²) in [7, 11) is 0. The SMILES string of the molecule is NCCCNC(=O)c1cc(-c2ccco2)on1. The average Bonchev–Trinajstić information content (AvgIpc) is 3.00. The Kier molecular flexibility index (Phi) is 3.56. The molecule has 6 heteroatoms. The van der Waals surface area contributed by atoms with Crippen LogP contribution in [0, 0.1) is 0 Å². The molecule has 0 aromatic carbocycles. The maximum absolute atomic E-state index is 11.6. The van der Waals surface area contributed by atoms with Crippen LogP contribution < -0.4 is 11.1 Å². The zero-order valence-electron chi connectivity index (χ0n) is 9.18. The Morgan fingerprint density at radius 3 is 3.06 bits per heavy atom. The minimum atomic E-state index is -0.278. The summed E-state index contributed by atoms with van der Waals surface area (Å²) in [6.45, 7) is 1.06. The molecule has 0 aliphatic rings. The Hall–Kier alpha value is -2.08. The molecule has 0 bridgehead atoms. The third-order valence-corrected chi connectivity index (χ3v) is 2.17. The van der Waals surface area contributed by atoms with Crippen molar-refractivity contribution in [3.63, 3.8) is 0 Å². The van der Waals surface area contributed by atoms with E-state index in [4.69, 9.17) is 14.7 Å². The van der Waals surface area contributed by atoms with E-state index in [-0.39, 0.29) is 11.6 Å². The molecule has 0 aliphatic carbocycles. The van der Waals surface area contributed by atoms with Crippen LogP contribution in [0.3, 0.4) is 0 Å². The molecule has 90 valence electrons. The van der Waals surface area contributed by atoms with Crippen LogP contribution in [-0.2, 0) is 0 Å². The van der Waals surface area contributed by atoms with Crippen LogP contribution in [-0.4, -0.2) is 24.2 Å². The Labute approximate surface area is 97.8 Å². The van der Waals surface area contributed by atoms with Gasteiger partial charge in [0.25, 0.3) is 5.91 Å². The van der Waals surface area contributed by atoms with Gasteiger partial charge in [-0.1, -0.05) is 5.16 Å². The van der Waals surface area contributed by atoms with Gasteiger partial charge in [-0.05, 0) is 25.1 Å². The second-order valence-electron chi connectivity index (χ2n) is 3.45. The summed E-state index contributed by atoms with van der Waals surface area (Å²) < 4.78 is 10.1. The number of nitrogens with one attached hydrogen (secondary N) is 1. The van der Waals surface area contributed by atoms with Gasteiger partial charge in [0, 0.05) is 12.6 Å². The zero-order valence-corrected chi connectivity index (χ0v) is 9.18. The van der Waals surface area contributed by atoms with Gasteiger partial charge in [0.2, 0.25) is 5.76 Å². The molecule has 6 nitrogen and oxygen atoms in total. The fraction of sp³-hybridized carbons (Fsp3) is 0.273. The van der Waals surface area contributed by atoms with Crippen molar-refractivity contribution in [1.82, 2.24) is 10.5 Å². The number of aromatic nitrogens is 1. The molecule has 17 heavy (non-hydrogen) atoms. The van der Waals surface area contributed by atoms with E-state index in [2.05, 4.69) is 10.5 Å². The smallest absolute Gasteiger partial charge is 0.273 e. The highest BCUT2D eigenvalue weighted by Crippen LogP contribution is 2.20. The van der Waals surface area contributed by atoms with Crippen LogP contribution in [0.2, 0.25) is 0 Å². The maximum Gasteiger partial charge on any atom is 0.273 e. The minimum absolute atomic E-state index is 0.230. The molecule has 0 unspecified atom stereocenters. The highest BCUT2D eigenvalue weighted by molar-refractivity contribution is 5.92. The van der Waals surface area contributed by atoms with Crippen molar-refractivity contribution in [2.24, 2.45) is 5.73 Å². The third-order valence-electron chi connectivity index (χ3n) is 2.17. The van der Waals surface area contributed by atoms with Crippen molar-refractivity contribution in [3.8, 4) is 11.5 Å². The predicted octanol–water partition coefficient (Wildman–Crippen LogP) is 1.01. The van der Waals surface area contributed by atoms with Crippen molar-refractivity contribution in [3.05, 3.63) is 30.2 Å². The number of rotatable bonds is 5. The first-order valence-corrected chi connectivity index (χ1v) is 5.30. The molecule has 3 N–H and O–H groups in total. The molecular weight excluding hydrogens is 222 g/mol. The lowest BCUT2D eigenvalue weighted by atomic mass is 10.3. The molecule has 0 radical (unpaired) electrons. The van der Waals surface area contributed by atoms with E-state index in [1.807, 2.05) is 0 Å². The van der Waals surface area contributed by atoms with Crippen LogP contribution in [0.5, 0.6) is 0 Å². The first-order chi connectivity index (χ1) is 8.31. The largest absolute Gasteiger partial charge is 0.461 e. The summed E-state index contributed by atoms with van der Waals surface area (Å²) in [5.74, 6) is 0.692. The highest BCUT2D eigenvalue weighted by atomic mass is 16.5. The Bertz CT molecular complexity index is 476. The van der Waals surface area contributed by atoms with Crippen molar-refractivity contribution in [2.45, 2.75) is 6.42 Å². The molecule has 0 aliphatic heterocycles. The van der Waals surface area contributed by atoms with Crippen LogP contribution in [0.15, 0.2) is 33.4 Å². The fourth-order valence-corrected chi connectivity index (χ4v) is 1.31.